The fourth-order valence-electron chi connectivity index (χ4n) is 3.67. The van der Waals surface area contributed by atoms with Gasteiger partial charge in [0.05, 0.1) is 5.39 Å². The van der Waals surface area contributed by atoms with Gasteiger partial charge in [0, 0.05) is 24.4 Å². The molecule has 0 bridgehead atoms. The van der Waals surface area contributed by atoms with Crippen molar-refractivity contribution in [1.29, 1.82) is 0 Å². The van der Waals surface area contributed by atoms with Crippen LogP contribution in [0.5, 0.6) is 0 Å². The van der Waals surface area contributed by atoms with Crippen LogP contribution in [0.15, 0.2) is 0 Å². The molecule has 0 amide bonds. The average Bonchev–Trinajstić information content (AvgIpc) is 2.93. The summed E-state index contributed by atoms with van der Waals surface area (Å²) in [6.45, 7) is 4.49. The molecule has 2 aliphatic rings. The van der Waals surface area contributed by atoms with Crippen molar-refractivity contribution in [2.45, 2.75) is 58.3 Å². The summed E-state index contributed by atoms with van der Waals surface area (Å²) in [5.41, 5.74) is 1.57. The Kier molecular flexibility index (Phi) is 3.57. The van der Waals surface area contributed by atoms with Gasteiger partial charge in [-0.05, 0) is 50.5 Å². The van der Waals surface area contributed by atoms with Crippen molar-refractivity contribution in [2.75, 3.05) is 18.0 Å². The van der Waals surface area contributed by atoms with Crippen LogP contribution < -0.4 is 4.90 Å². The number of piperidine rings is 1. The van der Waals surface area contributed by atoms with Crippen LogP contribution in [0.3, 0.4) is 0 Å². The predicted octanol–water partition coefficient (Wildman–Crippen LogP) is 4.12. The lowest BCUT2D eigenvalue weighted by atomic mass is 9.96. The molecule has 21 heavy (non-hydrogen) atoms. The fourth-order valence-corrected chi connectivity index (χ4v) is 4.95. The van der Waals surface area contributed by atoms with E-state index >= 15 is 0 Å². The van der Waals surface area contributed by atoms with E-state index in [9.17, 15) is 0 Å². The Labute approximate surface area is 130 Å². The molecule has 0 unspecified atom stereocenters. The largest absolute Gasteiger partial charge is 0.356 e. The topological polar surface area (TPSA) is 29.0 Å². The molecule has 3 heterocycles. The van der Waals surface area contributed by atoms with E-state index in [2.05, 4.69) is 11.8 Å². The lowest BCUT2D eigenvalue weighted by molar-refractivity contribution is 0.573. The lowest BCUT2D eigenvalue weighted by Crippen LogP contribution is -2.30. The van der Waals surface area contributed by atoms with E-state index in [-0.39, 0.29) is 0 Å². The summed E-state index contributed by atoms with van der Waals surface area (Å²) in [5, 5.41) is 1.40. The maximum atomic E-state index is 4.94. The number of fused-ring (bicyclic) bond motifs is 3. The number of thiophene rings is 1. The van der Waals surface area contributed by atoms with Crippen LogP contribution in [0.1, 0.15) is 55.3 Å². The van der Waals surface area contributed by atoms with Gasteiger partial charge >= 0.3 is 0 Å². The van der Waals surface area contributed by atoms with Gasteiger partial charge in [-0.25, -0.2) is 9.97 Å². The summed E-state index contributed by atoms with van der Waals surface area (Å²) in [6.07, 6.45) is 10.0. The number of hydrogen-bond donors (Lipinski definition) is 0. The Bertz CT molecular complexity index is 656. The maximum Gasteiger partial charge on any atom is 0.141 e. The van der Waals surface area contributed by atoms with Crippen molar-refractivity contribution in [3.63, 3.8) is 0 Å². The number of aryl methyl sites for hydroxylation is 3. The van der Waals surface area contributed by atoms with Gasteiger partial charge in [-0.1, -0.05) is 6.92 Å². The third-order valence-corrected chi connectivity index (χ3v) is 6.00. The molecule has 4 rings (SSSR count). The van der Waals surface area contributed by atoms with E-state index in [1.54, 1.807) is 10.4 Å². The highest BCUT2D eigenvalue weighted by atomic mass is 32.1. The standard InChI is InChI=1S/C17H23N3S/c1-2-14-18-16(20-10-6-3-7-11-20)15-12-8-4-5-9-13(12)21-17(15)19-14/h2-11H2,1H3. The Morgan fingerprint density at radius 2 is 1.81 bits per heavy atom. The van der Waals surface area contributed by atoms with Crippen molar-refractivity contribution in [3.8, 4) is 0 Å². The van der Waals surface area contributed by atoms with E-state index in [0.717, 1.165) is 12.2 Å². The van der Waals surface area contributed by atoms with Crippen molar-refractivity contribution in [1.82, 2.24) is 9.97 Å². The maximum absolute atomic E-state index is 4.94. The molecule has 0 aromatic carbocycles. The predicted molar refractivity (Wildman–Crippen MR) is 89.5 cm³/mol. The Balaban J connectivity index is 1.90. The molecule has 2 aromatic rings. The molecule has 112 valence electrons. The summed E-state index contributed by atoms with van der Waals surface area (Å²) in [6, 6.07) is 0. The summed E-state index contributed by atoms with van der Waals surface area (Å²) < 4.78 is 0. The first-order chi connectivity index (χ1) is 10.4. The quantitative estimate of drug-likeness (QED) is 0.835. The van der Waals surface area contributed by atoms with Crippen LogP contribution in [0.25, 0.3) is 10.2 Å². The molecular weight excluding hydrogens is 278 g/mol. The molecule has 1 aliphatic heterocycles. The molecule has 3 nitrogen and oxygen atoms in total. The van der Waals surface area contributed by atoms with E-state index in [1.165, 1.54) is 74.1 Å². The van der Waals surface area contributed by atoms with E-state index in [4.69, 9.17) is 9.97 Å². The molecule has 1 saturated heterocycles. The molecule has 1 aliphatic carbocycles. The Morgan fingerprint density at radius 1 is 1.00 bits per heavy atom. The minimum absolute atomic E-state index is 0.930. The zero-order valence-corrected chi connectivity index (χ0v) is 13.6. The minimum Gasteiger partial charge on any atom is -0.356 e. The number of hydrogen-bond acceptors (Lipinski definition) is 4. The molecule has 0 atom stereocenters. The summed E-state index contributed by atoms with van der Waals surface area (Å²) in [5.74, 6) is 2.26. The van der Waals surface area contributed by atoms with E-state index in [0.29, 0.717) is 0 Å². The molecule has 0 N–H and O–H groups in total. The first-order valence-corrected chi connectivity index (χ1v) is 9.24. The van der Waals surface area contributed by atoms with Gasteiger partial charge < -0.3 is 4.90 Å². The second-order valence-electron chi connectivity index (χ2n) is 6.26. The summed E-state index contributed by atoms with van der Waals surface area (Å²) in [7, 11) is 0. The fraction of sp³-hybridized carbons (Fsp3) is 0.647. The van der Waals surface area contributed by atoms with Gasteiger partial charge in [0.25, 0.3) is 0 Å². The summed E-state index contributed by atoms with van der Waals surface area (Å²) in [4.78, 5) is 15.1. The van der Waals surface area contributed by atoms with Gasteiger partial charge in [0.1, 0.15) is 16.5 Å². The van der Waals surface area contributed by atoms with Crippen LogP contribution in [-0.2, 0) is 19.3 Å². The van der Waals surface area contributed by atoms with Gasteiger partial charge in [0.2, 0.25) is 0 Å². The highest BCUT2D eigenvalue weighted by molar-refractivity contribution is 7.19. The average molecular weight is 301 g/mol. The molecule has 2 aromatic heterocycles. The third-order valence-electron chi connectivity index (χ3n) is 4.81. The Hall–Kier alpha value is -1.16. The molecule has 4 heteroatoms. The molecule has 0 spiro atoms. The van der Waals surface area contributed by atoms with Gasteiger partial charge in [0.15, 0.2) is 0 Å². The summed E-state index contributed by atoms with van der Waals surface area (Å²) >= 11 is 1.93. The molecular formula is C17H23N3S. The van der Waals surface area contributed by atoms with Crippen LogP contribution in [0, 0.1) is 0 Å². The zero-order valence-electron chi connectivity index (χ0n) is 12.8. The zero-order chi connectivity index (χ0) is 14.2. The monoisotopic (exact) mass is 301 g/mol. The van der Waals surface area contributed by atoms with Crippen molar-refractivity contribution >= 4 is 27.4 Å². The van der Waals surface area contributed by atoms with Crippen LogP contribution in [0.2, 0.25) is 0 Å². The van der Waals surface area contributed by atoms with Crippen molar-refractivity contribution in [3.05, 3.63) is 16.3 Å². The van der Waals surface area contributed by atoms with Crippen molar-refractivity contribution in [2.24, 2.45) is 0 Å². The van der Waals surface area contributed by atoms with Crippen LogP contribution in [0.4, 0.5) is 5.82 Å². The number of anilines is 1. The van der Waals surface area contributed by atoms with Crippen LogP contribution in [-0.4, -0.2) is 23.1 Å². The van der Waals surface area contributed by atoms with Crippen molar-refractivity contribution < 1.29 is 0 Å². The number of rotatable bonds is 2. The van der Waals surface area contributed by atoms with Gasteiger partial charge in [-0.15, -0.1) is 11.3 Å². The first kappa shape index (κ1) is 13.5. The molecule has 0 radical (unpaired) electrons. The Morgan fingerprint density at radius 3 is 2.62 bits per heavy atom. The SMILES string of the molecule is CCc1nc(N2CCCCC2)c2c3c(sc2n1)CCCC3. The second-order valence-corrected chi connectivity index (χ2v) is 7.34. The number of aromatic nitrogens is 2. The second kappa shape index (κ2) is 5.56. The number of nitrogens with zero attached hydrogens (tertiary/aromatic N) is 3. The van der Waals surface area contributed by atoms with E-state index in [1.807, 2.05) is 11.3 Å². The van der Waals surface area contributed by atoms with Gasteiger partial charge in [-0.2, -0.15) is 0 Å². The lowest BCUT2D eigenvalue weighted by Gasteiger charge is -2.29. The molecule has 1 fully saturated rings. The molecule has 0 saturated carbocycles. The smallest absolute Gasteiger partial charge is 0.141 e. The highest BCUT2D eigenvalue weighted by Crippen LogP contribution is 2.40. The normalized spacial score (nSPS) is 19.0. The van der Waals surface area contributed by atoms with Crippen LogP contribution >= 0.6 is 11.3 Å². The third kappa shape index (κ3) is 2.33. The highest BCUT2D eigenvalue weighted by Gasteiger charge is 2.24. The van der Waals surface area contributed by atoms with E-state index < -0.39 is 0 Å². The first-order valence-electron chi connectivity index (χ1n) is 8.43. The van der Waals surface area contributed by atoms with Gasteiger partial charge in [-0.3, -0.25) is 0 Å². The minimum atomic E-state index is 0.930.